The molecule has 26 heavy (non-hydrogen) atoms. The fraction of sp³-hybridized carbons (Fsp3) is 0.444. The van der Waals surface area contributed by atoms with Gasteiger partial charge in [-0.2, -0.15) is 14.6 Å². The first-order valence-corrected chi connectivity index (χ1v) is 10.3. The molecule has 1 aliphatic rings. The van der Waals surface area contributed by atoms with E-state index in [-0.39, 0.29) is 16.5 Å². The first-order chi connectivity index (χ1) is 12.6. The van der Waals surface area contributed by atoms with E-state index in [1.54, 1.807) is 28.6 Å². The van der Waals surface area contributed by atoms with Crippen LogP contribution in [-0.4, -0.2) is 37.3 Å². The van der Waals surface area contributed by atoms with Crippen molar-refractivity contribution in [3.63, 3.8) is 0 Å². The summed E-state index contributed by atoms with van der Waals surface area (Å²) in [5.74, 6) is 0.613. The van der Waals surface area contributed by atoms with Gasteiger partial charge in [0.1, 0.15) is 6.07 Å². The zero-order valence-corrected chi connectivity index (χ0v) is 15.6. The van der Waals surface area contributed by atoms with Crippen LogP contribution in [0.4, 0.5) is 5.88 Å². The molecule has 2 aromatic rings. The lowest BCUT2D eigenvalue weighted by Gasteiger charge is -2.19. The quantitative estimate of drug-likeness (QED) is 0.863. The Bertz CT molecular complexity index is 890. The molecule has 1 fully saturated rings. The van der Waals surface area contributed by atoms with Crippen LogP contribution < -0.4 is 5.32 Å². The third-order valence-corrected chi connectivity index (χ3v) is 6.29. The van der Waals surface area contributed by atoms with E-state index in [2.05, 4.69) is 10.3 Å². The number of oxazole rings is 1. The molecular weight excluding hydrogens is 352 g/mol. The topological polar surface area (TPSA) is 99.2 Å². The molecule has 0 bridgehead atoms. The second kappa shape index (κ2) is 7.89. The van der Waals surface area contributed by atoms with Crippen LogP contribution >= 0.6 is 0 Å². The van der Waals surface area contributed by atoms with Gasteiger partial charge >= 0.3 is 0 Å². The molecule has 1 aromatic heterocycles. The van der Waals surface area contributed by atoms with Crippen molar-refractivity contribution in [3.8, 4) is 17.5 Å². The lowest BCUT2D eigenvalue weighted by atomic mass is 10.2. The van der Waals surface area contributed by atoms with Gasteiger partial charge in [0, 0.05) is 25.2 Å². The highest BCUT2D eigenvalue weighted by atomic mass is 32.2. The van der Waals surface area contributed by atoms with Gasteiger partial charge in [-0.05, 0) is 44.0 Å². The average molecular weight is 374 g/mol. The summed E-state index contributed by atoms with van der Waals surface area (Å²) in [7, 11) is -3.48. The van der Waals surface area contributed by atoms with E-state index >= 15 is 0 Å². The van der Waals surface area contributed by atoms with Crippen molar-refractivity contribution in [3.05, 3.63) is 30.0 Å². The number of aromatic nitrogens is 1. The number of hydrogen-bond donors (Lipinski definition) is 1. The molecule has 1 N–H and O–H groups in total. The molecule has 0 spiro atoms. The first kappa shape index (κ1) is 18.4. The highest BCUT2D eigenvalue weighted by Crippen LogP contribution is 2.27. The largest absolute Gasteiger partial charge is 0.419 e. The van der Waals surface area contributed by atoms with Gasteiger partial charge in [-0.15, -0.1) is 0 Å². The Hall–Kier alpha value is -2.37. The predicted molar refractivity (Wildman–Crippen MR) is 98.0 cm³/mol. The number of anilines is 1. The zero-order valence-electron chi connectivity index (χ0n) is 14.7. The van der Waals surface area contributed by atoms with Crippen LogP contribution in [0.5, 0.6) is 0 Å². The first-order valence-electron chi connectivity index (χ1n) is 8.81. The second-order valence-corrected chi connectivity index (χ2v) is 8.12. The maximum Gasteiger partial charge on any atom is 0.243 e. The van der Waals surface area contributed by atoms with E-state index < -0.39 is 10.0 Å². The van der Waals surface area contributed by atoms with Crippen molar-refractivity contribution in [1.29, 1.82) is 5.26 Å². The number of nitrogens with zero attached hydrogens (tertiary/aromatic N) is 3. The molecule has 0 atom stereocenters. The lowest BCUT2D eigenvalue weighted by molar-refractivity contribution is 0.423. The summed E-state index contributed by atoms with van der Waals surface area (Å²) in [5.41, 5.74) is 0.809. The van der Waals surface area contributed by atoms with Gasteiger partial charge < -0.3 is 9.73 Å². The van der Waals surface area contributed by atoms with Crippen LogP contribution in [0.2, 0.25) is 0 Å². The van der Waals surface area contributed by atoms with Gasteiger partial charge in [0.15, 0.2) is 0 Å². The smallest absolute Gasteiger partial charge is 0.243 e. The summed E-state index contributed by atoms with van der Waals surface area (Å²) < 4.78 is 32.8. The summed E-state index contributed by atoms with van der Waals surface area (Å²) >= 11 is 0. The number of sulfonamides is 1. The lowest BCUT2D eigenvalue weighted by Crippen LogP contribution is -2.31. The Balaban J connectivity index is 1.85. The molecule has 1 saturated heterocycles. The van der Waals surface area contributed by atoms with Crippen molar-refractivity contribution in [2.75, 3.05) is 25.0 Å². The third kappa shape index (κ3) is 3.74. The Morgan fingerprint density at radius 2 is 1.85 bits per heavy atom. The number of benzene rings is 1. The van der Waals surface area contributed by atoms with E-state index in [9.17, 15) is 8.42 Å². The van der Waals surface area contributed by atoms with Crippen LogP contribution in [0, 0.1) is 11.3 Å². The molecular formula is C18H22N4O3S. The maximum absolute atomic E-state index is 12.8. The molecule has 3 rings (SSSR count). The molecule has 7 nitrogen and oxygen atoms in total. The number of nitrogens with one attached hydrogen (secondary N) is 1. The van der Waals surface area contributed by atoms with Crippen molar-refractivity contribution in [2.24, 2.45) is 0 Å². The van der Waals surface area contributed by atoms with Crippen LogP contribution in [0.15, 0.2) is 33.6 Å². The van der Waals surface area contributed by atoms with Crippen molar-refractivity contribution >= 4 is 15.9 Å². The van der Waals surface area contributed by atoms with Crippen LogP contribution in [0.3, 0.4) is 0 Å². The normalized spacial score (nSPS) is 16.0. The van der Waals surface area contributed by atoms with E-state index in [4.69, 9.17) is 9.68 Å². The summed E-state index contributed by atoms with van der Waals surface area (Å²) in [6.07, 6.45) is 3.95. The monoisotopic (exact) mass is 374 g/mol. The minimum absolute atomic E-state index is 0.183. The molecule has 0 radical (unpaired) electrons. The van der Waals surface area contributed by atoms with Crippen molar-refractivity contribution < 1.29 is 12.8 Å². The molecule has 0 aliphatic carbocycles. The Labute approximate surface area is 153 Å². The van der Waals surface area contributed by atoms with E-state index in [1.807, 2.05) is 13.0 Å². The Morgan fingerprint density at radius 3 is 2.42 bits per heavy atom. The number of rotatable bonds is 5. The van der Waals surface area contributed by atoms with Gasteiger partial charge in [-0.25, -0.2) is 8.42 Å². The standard InChI is InChI=1S/C18H22N4O3S/c1-2-20-18-16(13-19)21-17(25-18)14-7-9-15(10-8-14)26(23,24)22-11-5-3-4-6-12-22/h7-10,20H,2-6,11-12H2,1H3. The molecule has 1 aliphatic heterocycles. The number of hydrogen-bond acceptors (Lipinski definition) is 6. The second-order valence-electron chi connectivity index (χ2n) is 6.18. The Kier molecular flexibility index (Phi) is 5.59. The average Bonchev–Trinajstić information content (AvgIpc) is 2.86. The number of nitriles is 1. The summed E-state index contributed by atoms with van der Waals surface area (Å²) in [6.45, 7) is 3.64. The molecule has 0 saturated carbocycles. The Morgan fingerprint density at radius 1 is 1.19 bits per heavy atom. The highest BCUT2D eigenvalue weighted by Gasteiger charge is 2.25. The molecule has 0 unspecified atom stereocenters. The fourth-order valence-corrected chi connectivity index (χ4v) is 4.52. The van der Waals surface area contributed by atoms with Gasteiger partial charge in [0.2, 0.25) is 27.5 Å². The molecule has 1 aromatic carbocycles. The van der Waals surface area contributed by atoms with E-state index in [1.165, 1.54) is 0 Å². The van der Waals surface area contributed by atoms with Gasteiger partial charge in [0.25, 0.3) is 0 Å². The minimum atomic E-state index is -3.48. The van der Waals surface area contributed by atoms with Crippen molar-refractivity contribution in [1.82, 2.24) is 9.29 Å². The summed E-state index contributed by atoms with van der Waals surface area (Å²) in [6, 6.07) is 8.44. The molecule has 138 valence electrons. The molecule has 0 amide bonds. The van der Waals surface area contributed by atoms with Gasteiger partial charge in [-0.3, -0.25) is 0 Å². The molecule has 2 heterocycles. The fourth-order valence-electron chi connectivity index (χ4n) is 3.00. The minimum Gasteiger partial charge on any atom is -0.419 e. The maximum atomic E-state index is 12.8. The third-order valence-electron chi connectivity index (χ3n) is 4.37. The summed E-state index contributed by atoms with van der Waals surface area (Å²) in [5, 5.41) is 12.1. The highest BCUT2D eigenvalue weighted by molar-refractivity contribution is 7.89. The van der Waals surface area contributed by atoms with E-state index in [0.717, 1.165) is 25.7 Å². The SMILES string of the molecule is CCNc1oc(-c2ccc(S(=O)(=O)N3CCCCCC3)cc2)nc1C#N. The van der Waals surface area contributed by atoms with Gasteiger partial charge in [-0.1, -0.05) is 12.8 Å². The van der Waals surface area contributed by atoms with Crippen LogP contribution in [-0.2, 0) is 10.0 Å². The van der Waals surface area contributed by atoms with Gasteiger partial charge in [0.05, 0.1) is 4.90 Å². The summed E-state index contributed by atoms with van der Waals surface area (Å²) in [4.78, 5) is 4.43. The van der Waals surface area contributed by atoms with Crippen LogP contribution in [0.25, 0.3) is 11.5 Å². The van der Waals surface area contributed by atoms with Crippen molar-refractivity contribution in [2.45, 2.75) is 37.5 Å². The van der Waals surface area contributed by atoms with E-state index in [0.29, 0.717) is 31.1 Å². The van der Waals surface area contributed by atoms with Crippen LogP contribution in [0.1, 0.15) is 38.3 Å². The zero-order chi connectivity index (χ0) is 18.6. The predicted octanol–water partition coefficient (Wildman–Crippen LogP) is 3.21. The molecule has 8 heteroatoms.